The zero-order chi connectivity index (χ0) is 30.5. The molecule has 0 aromatic heterocycles. The fraction of sp³-hybridized carbons (Fsp3) is 0.167. The average molecular weight is 610 g/mol. The van der Waals surface area contributed by atoms with E-state index >= 15 is 0 Å². The number of para-hydroxylation sites is 1. The molecule has 220 valence electrons. The van der Waals surface area contributed by atoms with Crippen LogP contribution in [0.3, 0.4) is 0 Å². The van der Waals surface area contributed by atoms with Gasteiger partial charge in [-0.25, -0.2) is 16.8 Å². The molecule has 0 aliphatic heterocycles. The number of rotatable bonds is 11. The van der Waals surface area contributed by atoms with Crippen molar-refractivity contribution in [3.63, 3.8) is 0 Å². The molecule has 4 aromatic carbocycles. The Morgan fingerprint density at radius 2 is 1.31 bits per heavy atom. The SMILES string of the molecule is COc1ccc(S(=O)(=O)N(CC(=O)Nc2ccc(S(=O)(=O)Nc3ccccc3)cc2)c2cc(C)cc(C)c2)cc1OC. The monoisotopic (exact) mass is 609 g/mol. The molecule has 0 saturated heterocycles. The summed E-state index contributed by atoms with van der Waals surface area (Å²) in [5, 5.41) is 2.66. The summed E-state index contributed by atoms with van der Waals surface area (Å²) in [6, 6.07) is 23.5. The lowest BCUT2D eigenvalue weighted by molar-refractivity contribution is -0.114. The maximum absolute atomic E-state index is 13.9. The largest absolute Gasteiger partial charge is 0.493 e. The van der Waals surface area contributed by atoms with Crippen LogP contribution in [0.1, 0.15) is 11.1 Å². The molecule has 0 unspecified atom stereocenters. The van der Waals surface area contributed by atoms with E-state index in [1.807, 2.05) is 19.9 Å². The number of aryl methyl sites for hydroxylation is 2. The highest BCUT2D eigenvalue weighted by Gasteiger charge is 2.29. The molecule has 0 fully saturated rings. The molecule has 0 atom stereocenters. The molecular formula is C30H31N3O7S2. The quantitative estimate of drug-likeness (QED) is 0.246. The zero-order valence-corrected chi connectivity index (χ0v) is 25.1. The van der Waals surface area contributed by atoms with E-state index in [2.05, 4.69) is 10.0 Å². The number of carbonyl (C=O) groups excluding carboxylic acids is 1. The van der Waals surface area contributed by atoms with Crippen molar-refractivity contribution in [2.75, 3.05) is 35.1 Å². The fourth-order valence-electron chi connectivity index (χ4n) is 4.28. The van der Waals surface area contributed by atoms with Crippen LogP contribution in [0.25, 0.3) is 0 Å². The summed E-state index contributed by atoms with van der Waals surface area (Å²) in [6.45, 7) is 3.12. The van der Waals surface area contributed by atoms with E-state index < -0.39 is 32.5 Å². The summed E-state index contributed by atoms with van der Waals surface area (Å²) in [5.74, 6) is -0.0482. The van der Waals surface area contributed by atoms with Gasteiger partial charge in [-0.05, 0) is 85.6 Å². The first-order chi connectivity index (χ1) is 19.9. The molecule has 0 aliphatic carbocycles. The van der Waals surface area contributed by atoms with Crippen LogP contribution in [0.5, 0.6) is 11.5 Å². The van der Waals surface area contributed by atoms with Crippen LogP contribution in [-0.4, -0.2) is 43.5 Å². The lowest BCUT2D eigenvalue weighted by atomic mass is 10.1. The van der Waals surface area contributed by atoms with E-state index in [0.29, 0.717) is 22.8 Å². The van der Waals surface area contributed by atoms with Crippen molar-refractivity contribution >= 4 is 43.0 Å². The minimum atomic E-state index is -4.24. The van der Waals surface area contributed by atoms with Gasteiger partial charge in [-0.1, -0.05) is 24.3 Å². The molecule has 0 aliphatic rings. The van der Waals surface area contributed by atoms with Crippen molar-refractivity contribution in [1.29, 1.82) is 0 Å². The Bertz CT molecular complexity index is 1770. The van der Waals surface area contributed by atoms with E-state index in [0.717, 1.165) is 15.4 Å². The van der Waals surface area contributed by atoms with Crippen LogP contribution >= 0.6 is 0 Å². The van der Waals surface area contributed by atoms with Crippen molar-refractivity contribution in [2.45, 2.75) is 23.6 Å². The molecule has 2 N–H and O–H groups in total. The maximum Gasteiger partial charge on any atom is 0.264 e. The Morgan fingerprint density at radius 1 is 0.714 bits per heavy atom. The number of hydrogen-bond donors (Lipinski definition) is 2. The van der Waals surface area contributed by atoms with E-state index in [-0.39, 0.29) is 15.5 Å². The zero-order valence-electron chi connectivity index (χ0n) is 23.5. The Hall–Kier alpha value is -4.55. The number of ether oxygens (including phenoxy) is 2. The van der Waals surface area contributed by atoms with Gasteiger partial charge in [0.05, 0.1) is 29.7 Å². The van der Waals surface area contributed by atoms with Crippen LogP contribution in [0.2, 0.25) is 0 Å². The van der Waals surface area contributed by atoms with Gasteiger partial charge in [-0.3, -0.25) is 13.8 Å². The Balaban J connectivity index is 1.60. The normalized spacial score (nSPS) is 11.4. The second-order valence-corrected chi connectivity index (χ2v) is 13.0. The second-order valence-electron chi connectivity index (χ2n) is 9.42. The van der Waals surface area contributed by atoms with Gasteiger partial charge in [0.15, 0.2) is 11.5 Å². The van der Waals surface area contributed by atoms with E-state index in [1.165, 1.54) is 56.7 Å². The van der Waals surface area contributed by atoms with Crippen molar-refractivity contribution in [3.8, 4) is 11.5 Å². The van der Waals surface area contributed by atoms with E-state index in [9.17, 15) is 21.6 Å². The summed E-state index contributed by atoms with van der Waals surface area (Å²) in [4.78, 5) is 13.1. The average Bonchev–Trinajstić information content (AvgIpc) is 2.95. The molecule has 10 nitrogen and oxygen atoms in total. The standard InChI is InChI=1S/C30H31N3O7S2/c1-21-16-22(2)18-25(17-21)33(42(37,38)27-14-15-28(39-3)29(19-27)40-4)20-30(34)31-23-10-12-26(13-11-23)41(35,36)32-24-8-6-5-7-9-24/h5-19,32H,20H2,1-4H3,(H,31,34). The lowest BCUT2D eigenvalue weighted by Gasteiger charge is -2.25. The molecule has 4 rings (SSSR count). The Kier molecular flexibility index (Phi) is 9.08. The summed E-state index contributed by atoms with van der Waals surface area (Å²) >= 11 is 0. The van der Waals surface area contributed by atoms with Gasteiger partial charge >= 0.3 is 0 Å². The predicted octanol–water partition coefficient (Wildman–Crippen LogP) is 4.96. The van der Waals surface area contributed by atoms with Gasteiger partial charge < -0.3 is 14.8 Å². The maximum atomic E-state index is 13.9. The van der Waals surface area contributed by atoms with Crippen LogP contribution < -0.4 is 23.8 Å². The third kappa shape index (κ3) is 7.01. The minimum absolute atomic E-state index is 0.00255. The molecule has 42 heavy (non-hydrogen) atoms. The van der Waals surface area contributed by atoms with Gasteiger partial charge in [-0.15, -0.1) is 0 Å². The van der Waals surface area contributed by atoms with Crippen molar-refractivity contribution in [3.05, 3.63) is 102 Å². The van der Waals surface area contributed by atoms with Crippen molar-refractivity contribution < 1.29 is 31.1 Å². The van der Waals surface area contributed by atoms with Crippen LogP contribution in [-0.2, 0) is 24.8 Å². The smallest absolute Gasteiger partial charge is 0.264 e. The third-order valence-corrected chi connectivity index (χ3v) is 9.37. The van der Waals surface area contributed by atoms with E-state index in [1.54, 1.807) is 42.5 Å². The second kappa shape index (κ2) is 12.5. The molecule has 4 aromatic rings. The van der Waals surface area contributed by atoms with Crippen LogP contribution in [0.4, 0.5) is 17.1 Å². The lowest BCUT2D eigenvalue weighted by Crippen LogP contribution is -2.38. The summed E-state index contributed by atoms with van der Waals surface area (Å²) in [6.07, 6.45) is 0. The highest BCUT2D eigenvalue weighted by atomic mass is 32.2. The van der Waals surface area contributed by atoms with Gasteiger partial charge in [0, 0.05) is 17.4 Å². The Morgan fingerprint density at radius 3 is 1.90 bits per heavy atom. The number of methoxy groups -OCH3 is 2. The molecule has 0 heterocycles. The van der Waals surface area contributed by atoms with Crippen molar-refractivity contribution in [2.24, 2.45) is 0 Å². The highest BCUT2D eigenvalue weighted by Crippen LogP contribution is 2.33. The molecule has 0 saturated carbocycles. The molecule has 12 heteroatoms. The summed E-state index contributed by atoms with van der Waals surface area (Å²) in [7, 11) is -5.25. The van der Waals surface area contributed by atoms with Gasteiger partial charge in [0.1, 0.15) is 6.54 Å². The number of hydrogen-bond acceptors (Lipinski definition) is 7. The third-order valence-electron chi connectivity index (χ3n) is 6.20. The first-order valence-corrected chi connectivity index (χ1v) is 15.7. The van der Waals surface area contributed by atoms with Crippen molar-refractivity contribution in [1.82, 2.24) is 0 Å². The number of nitrogens with zero attached hydrogens (tertiary/aromatic N) is 1. The number of carbonyl (C=O) groups is 1. The topological polar surface area (TPSA) is 131 Å². The Labute approximate surface area is 246 Å². The summed E-state index contributed by atoms with van der Waals surface area (Å²) < 4.78 is 67.3. The number of benzene rings is 4. The highest BCUT2D eigenvalue weighted by molar-refractivity contribution is 7.93. The number of sulfonamides is 2. The predicted molar refractivity (Wildman–Crippen MR) is 162 cm³/mol. The summed E-state index contributed by atoms with van der Waals surface area (Å²) in [5.41, 5.74) is 2.66. The minimum Gasteiger partial charge on any atom is -0.493 e. The first-order valence-electron chi connectivity index (χ1n) is 12.7. The molecule has 1 amide bonds. The number of nitrogens with one attached hydrogen (secondary N) is 2. The molecule has 0 bridgehead atoms. The van der Waals surface area contributed by atoms with Crippen LogP contribution in [0, 0.1) is 13.8 Å². The fourth-order valence-corrected chi connectivity index (χ4v) is 6.76. The van der Waals surface area contributed by atoms with Gasteiger partial charge in [0.25, 0.3) is 20.0 Å². The molecule has 0 spiro atoms. The number of amides is 1. The van der Waals surface area contributed by atoms with E-state index in [4.69, 9.17) is 9.47 Å². The number of anilines is 3. The van der Waals surface area contributed by atoms with Gasteiger partial charge in [-0.2, -0.15) is 0 Å². The van der Waals surface area contributed by atoms with Crippen LogP contribution in [0.15, 0.2) is 101 Å². The first kappa shape index (κ1) is 30.4. The van der Waals surface area contributed by atoms with Gasteiger partial charge in [0.2, 0.25) is 5.91 Å². The molecular weight excluding hydrogens is 578 g/mol. The molecule has 0 radical (unpaired) electrons.